The van der Waals surface area contributed by atoms with Crippen LogP contribution in [0.5, 0.6) is 0 Å². The molecule has 29 heavy (non-hydrogen) atoms. The summed E-state index contributed by atoms with van der Waals surface area (Å²) in [5.41, 5.74) is 5.72. The summed E-state index contributed by atoms with van der Waals surface area (Å²) in [6, 6.07) is 15.0. The van der Waals surface area contributed by atoms with E-state index in [0.29, 0.717) is 17.7 Å². The summed E-state index contributed by atoms with van der Waals surface area (Å²) in [5.74, 6) is -0.0754. The molecule has 1 aliphatic heterocycles. The molecular formula is C24H32N4O. The molecule has 3 rings (SSSR count). The van der Waals surface area contributed by atoms with E-state index in [0.717, 1.165) is 35.7 Å². The van der Waals surface area contributed by atoms with Crippen LogP contribution in [0.4, 0.5) is 17.1 Å². The smallest absolute Gasteiger partial charge is 0.257 e. The van der Waals surface area contributed by atoms with Crippen LogP contribution in [0.25, 0.3) is 5.57 Å². The van der Waals surface area contributed by atoms with Gasteiger partial charge in [0.2, 0.25) is 0 Å². The summed E-state index contributed by atoms with van der Waals surface area (Å²) in [6.07, 6.45) is 1.78. The number of fused-ring (bicyclic) bond motifs is 1. The Balaban J connectivity index is 1.62. The van der Waals surface area contributed by atoms with Crippen molar-refractivity contribution in [1.29, 1.82) is 0 Å². The maximum absolute atomic E-state index is 12.2. The standard InChI is InChI=1S/C24H32N4O/c1-16(2)28(17(3)4)13-12-25-22-11-10-19(14-18(22)5)26-15-21-20-8-6-7-9-23(20)27-24(21)29/h6-11,14-17,25-26H,12-13H2,1-5H3,(H,27,29)/b21-15+. The third-order valence-corrected chi connectivity index (χ3v) is 5.33. The highest BCUT2D eigenvalue weighted by Crippen LogP contribution is 2.31. The first-order chi connectivity index (χ1) is 13.9. The quantitative estimate of drug-likeness (QED) is 0.558. The number of amides is 1. The van der Waals surface area contributed by atoms with Gasteiger partial charge in [-0.15, -0.1) is 0 Å². The highest BCUT2D eigenvalue weighted by atomic mass is 16.2. The maximum Gasteiger partial charge on any atom is 0.257 e. The van der Waals surface area contributed by atoms with Gasteiger partial charge in [-0.1, -0.05) is 18.2 Å². The summed E-state index contributed by atoms with van der Waals surface area (Å²) in [6.45, 7) is 13.0. The Kier molecular flexibility index (Phi) is 6.60. The van der Waals surface area contributed by atoms with Gasteiger partial charge in [-0.05, 0) is 64.4 Å². The van der Waals surface area contributed by atoms with E-state index in [-0.39, 0.29) is 5.91 Å². The molecular weight excluding hydrogens is 360 g/mol. The lowest BCUT2D eigenvalue weighted by Crippen LogP contribution is -2.40. The Morgan fingerprint density at radius 2 is 1.79 bits per heavy atom. The number of anilines is 3. The fraction of sp³-hybridized carbons (Fsp3) is 0.375. The Morgan fingerprint density at radius 3 is 2.48 bits per heavy atom. The predicted octanol–water partition coefficient (Wildman–Crippen LogP) is 4.93. The number of hydrogen-bond acceptors (Lipinski definition) is 4. The van der Waals surface area contributed by atoms with Crippen molar-refractivity contribution < 1.29 is 4.79 Å². The molecule has 0 saturated heterocycles. The second kappa shape index (κ2) is 9.14. The topological polar surface area (TPSA) is 56.4 Å². The molecule has 0 spiro atoms. The van der Waals surface area contributed by atoms with Crippen LogP contribution in [-0.4, -0.2) is 36.0 Å². The van der Waals surface area contributed by atoms with Gasteiger partial charge < -0.3 is 16.0 Å². The molecule has 1 heterocycles. The Morgan fingerprint density at radius 1 is 1.07 bits per heavy atom. The van der Waals surface area contributed by atoms with Crippen LogP contribution in [0.2, 0.25) is 0 Å². The zero-order chi connectivity index (χ0) is 21.0. The van der Waals surface area contributed by atoms with Gasteiger partial charge in [-0.25, -0.2) is 0 Å². The molecule has 2 aromatic carbocycles. The minimum Gasteiger partial charge on any atom is -0.384 e. The van der Waals surface area contributed by atoms with Crippen LogP contribution >= 0.6 is 0 Å². The van der Waals surface area contributed by atoms with E-state index in [1.165, 1.54) is 5.56 Å². The molecule has 5 nitrogen and oxygen atoms in total. The van der Waals surface area contributed by atoms with E-state index in [4.69, 9.17) is 0 Å². The van der Waals surface area contributed by atoms with E-state index in [9.17, 15) is 4.79 Å². The third kappa shape index (κ3) is 4.98. The van der Waals surface area contributed by atoms with Crippen molar-refractivity contribution in [1.82, 2.24) is 4.90 Å². The first-order valence-corrected chi connectivity index (χ1v) is 10.3. The first kappa shape index (κ1) is 20.9. The summed E-state index contributed by atoms with van der Waals surface area (Å²) in [7, 11) is 0. The minimum atomic E-state index is -0.0754. The molecule has 0 saturated carbocycles. The highest BCUT2D eigenvalue weighted by molar-refractivity contribution is 6.31. The van der Waals surface area contributed by atoms with Gasteiger partial charge in [-0.2, -0.15) is 0 Å². The number of hydrogen-bond donors (Lipinski definition) is 3. The fourth-order valence-electron chi connectivity index (χ4n) is 3.82. The van der Waals surface area contributed by atoms with Gasteiger partial charge in [0, 0.05) is 54.0 Å². The second-order valence-corrected chi connectivity index (χ2v) is 8.08. The monoisotopic (exact) mass is 392 g/mol. The number of aryl methyl sites for hydroxylation is 1. The average molecular weight is 393 g/mol. The summed E-state index contributed by atoms with van der Waals surface area (Å²) in [5, 5.41) is 9.71. The minimum absolute atomic E-state index is 0.0754. The van der Waals surface area contributed by atoms with Crippen molar-refractivity contribution in [2.45, 2.75) is 46.7 Å². The van der Waals surface area contributed by atoms with Crippen LogP contribution in [0.1, 0.15) is 38.8 Å². The van der Waals surface area contributed by atoms with Crippen molar-refractivity contribution in [3.63, 3.8) is 0 Å². The van der Waals surface area contributed by atoms with Crippen LogP contribution in [0, 0.1) is 6.92 Å². The van der Waals surface area contributed by atoms with Crippen molar-refractivity contribution in [2.75, 3.05) is 29.0 Å². The van der Waals surface area contributed by atoms with Crippen LogP contribution in [0.15, 0.2) is 48.7 Å². The molecule has 5 heteroatoms. The van der Waals surface area contributed by atoms with E-state index in [2.05, 4.69) is 67.6 Å². The zero-order valence-corrected chi connectivity index (χ0v) is 18.0. The molecule has 3 N–H and O–H groups in total. The predicted molar refractivity (Wildman–Crippen MR) is 123 cm³/mol. The van der Waals surface area contributed by atoms with Crippen molar-refractivity contribution in [2.24, 2.45) is 0 Å². The average Bonchev–Trinajstić information content (AvgIpc) is 2.99. The first-order valence-electron chi connectivity index (χ1n) is 10.3. The highest BCUT2D eigenvalue weighted by Gasteiger charge is 2.23. The number of carbonyl (C=O) groups excluding carboxylic acids is 1. The lowest BCUT2D eigenvalue weighted by Gasteiger charge is -2.30. The van der Waals surface area contributed by atoms with Gasteiger partial charge in [0.25, 0.3) is 5.91 Å². The van der Waals surface area contributed by atoms with Crippen molar-refractivity contribution in [3.05, 3.63) is 59.8 Å². The molecule has 0 fully saturated rings. The van der Waals surface area contributed by atoms with E-state index >= 15 is 0 Å². The number of nitrogens with one attached hydrogen (secondary N) is 3. The van der Waals surface area contributed by atoms with Crippen LogP contribution in [-0.2, 0) is 4.79 Å². The van der Waals surface area contributed by atoms with Crippen molar-refractivity contribution in [3.8, 4) is 0 Å². The van der Waals surface area contributed by atoms with Crippen molar-refractivity contribution >= 4 is 28.5 Å². The fourth-order valence-corrected chi connectivity index (χ4v) is 3.82. The molecule has 154 valence electrons. The summed E-state index contributed by atoms with van der Waals surface area (Å²) in [4.78, 5) is 14.7. The van der Waals surface area contributed by atoms with E-state index in [1.807, 2.05) is 30.3 Å². The number of carbonyl (C=O) groups is 1. The molecule has 1 aliphatic rings. The van der Waals surface area contributed by atoms with Crippen LogP contribution < -0.4 is 16.0 Å². The van der Waals surface area contributed by atoms with Gasteiger partial charge >= 0.3 is 0 Å². The molecule has 1 amide bonds. The molecule has 0 unspecified atom stereocenters. The van der Waals surface area contributed by atoms with E-state index in [1.54, 1.807) is 6.20 Å². The molecule has 0 aliphatic carbocycles. The molecule has 0 aromatic heterocycles. The lowest BCUT2D eigenvalue weighted by molar-refractivity contribution is -0.110. The molecule has 0 bridgehead atoms. The number of benzene rings is 2. The lowest BCUT2D eigenvalue weighted by atomic mass is 10.1. The van der Waals surface area contributed by atoms with E-state index < -0.39 is 0 Å². The number of rotatable bonds is 8. The Labute approximate surface area is 174 Å². The van der Waals surface area contributed by atoms with Gasteiger partial charge in [0.15, 0.2) is 0 Å². The number of nitrogens with zero attached hydrogens (tertiary/aromatic N) is 1. The molecule has 0 radical (unpaired) electrons. The number of para-hydroxylation sites is 1. The third-order valence-electron chi connectivity index (χ3n) is 5.33. The van der Waals surface area contributed by atoms with Gasteiger partial charge in [0.1, 0.15) is 0 Å². The molecule has 2 aromatic rings. The molecule has 0 atom stereocenters. The largest absolute Gasteiger partial charge is 0.384 e. The Bertz CT molecular complexity index is 894. The SMILES string of the molecule is Cc1cc(N/C=C2/C(=O)Nc3ccccc32)ccc1NCCN(C(C)C)C(C)C. The van der Waals surface area contributed by atoms with Gasteiger partial charge in [-0.3, -0.25) is 9.69 Å². The maximum atomic E-state index is 12.2. The normalized spacial score (nSPS) is 14.6. The second-order valence-electron chi connectivity index (χ2n) is 8.08. The Hall–Kier alpha value is -2.79. The zero-order valence-electron chi connectivity index (χ0n) is 18.0. The van der Waals surface area contributed by atoms with Crippen LogP contribution in [0.3, 0.4) is 0 Å². The van der Waals surface area contributed by atoms with Gasteiger partial charge in [0.05, 0.1) is 5.57 Å². The summed E-state index contributed by atoms with van der Waals surface area (Å²) < 4.78 is 0. The summed E-state index contributed by atoms with van der Waals surface area (Å²) >= 11 is 0.